The van der Waals surface area contributed by atoms with E-state index in [1.165, 1.54) is 12.1 Å². The van der Waals surface area contributed by atoms with Crippen molar-refractivity contribution in [2.75, 3.05) is 6.54 Å². The van der Waals surface area contributed by atoms with Gasteiger partial charge in [0.25, 0.3) is 5.69 Å². The number of nitrogens with zero attached hydrogens (tertiary/aromatic N) is 2. The molecule has 84 valence electrons. The molecule has 16 heavy (non-hydrogen) atoms. The van der Waals surface area contributed by atoms with Crippen molar-refractivity contribution in [3.63, 3.8) is 0 Å². The predicted octanol–water partition coefficient (Wildman–Crippen LogP) is 2.27. The number of non-ortho nitro benzene ring substituents is 1. The van der Waals surface area contributed by atoms with E-state index < -0.39 is 4.92 Å². The Bertz CT molecular complexity index is 411. The van der Waals surface area contributed by atoms with Crippen LogP contribution in [0.25, 0.3) is 6.08 Å². The van der Waals surface area contributed by atoms with E-state index in [0.717, 1.165) is 5.56 Å². The minimum Gasteiger partial charge on any atom is -0.265 e. The highest BCUT2D eigenvalue weighted by Crippen LogP contribution is 2.12. The van der Waals surface area contributed by atoms with E-state index in [4.69, 9.17) is 0 Å². The molecule has 0 unspecified atom stereocenters. The van der Waals surface area contributed by atoms with Gasteiger partial charge in [0.05, 0.1) is 4.92 Å². The smallest absolute Gasteiger partial charge is 0.265 e. The summed E-state index contributed by atoms with van der Waals surface area (Å²) in [6.07, 6.45) is 3.72. The summed E-state index contributed by atoms with van der Waals surface area (Å²) in [5.74, 6) is 0. The predicted molar refractivity (Wildman–Crippen MR) is 58.6 cm³/mol. The quantitative estimate of drug-likeness (QED) is 0.564. The maximum atomic E-state index is 10.4. The van der Waals surface area contributed by atoms with E-state index >= 15 is 0 Å². The van der Waals surface area contributed by atoms with Crippen LogP contribution >= 0.6 is 0 Å². The second-order valence-corrected chi connectivity index (χ2v) is 3.10. The highest BCUT2D eigenvalue weighted by molar-refractivity contribution is 5.51. The van der Waals surface area contributed by atoms with E-state index in [1.807, 2.05) is 0 Å². The summed E-state index contributed by atoms with van der Waals surface area (Å²) in [4.78, 5) is 19.5. The van der Waals surface area contributed by atoms with Gasteiger partial charge >= 0.3 is 0 Å². The normalized spacial score (nSPS) is 10.5. The van der Waals surface area contributed by atoms with Crippen molar-refractivity contribution in [3.05, 3.63) is 56.1 Å². The average Bonchev–Trinajstić information content (AvgIpc) is 2.25. The Hall–Kier alpha value is -2.24. The van der Waals surface area contributed by atoms with E-state index in [1.54, 1.807) is 24.3 Å². The van der Waals surface area contributed by atoms with Crippen molar-refractivity contribution in [3.8, 4) is 0 Å². The summed E-state index contributed by atoms with van der Waals surface area (Å²) < 4.78 is 0. The molecule has 0 heterocycles. The second-order valence-electron chi connectivity index (χ2n) is 3.10. The number of rotatable bonds is 5. The number of hydrogen-bond acceptors (Lipinski definition) is 4. The molecule has 1 aromatic rings. The maximum absolute atomic E-state index is 10.4. The fraction of sp³-hybridized carbons (Fsp3) is 0.200. The number of nitro benzene ring substituents is 1. The summed E-state index contributed by atoms with van der Waals surface area (Å²) in [5, 5.41) is 20.4. The standard InChI is InChI=1S/C10H10N2O4/c13-11(14)8-2-1-3-9-4-6-10(7-5-9)12(15)16/h1,3-7H,2,8H2/b3-1+. The zero-order valence-electron chi connectivity index (χ0n) is 8.41. The first-order valence-electron chi connectivity index (χ1n) is 4.62. The van der Waals surface area contributed by atoms with E-state index in [-0.39, 0.29) is 17.2 Å². The van der Waals surface area contributed by atoms with Crippen molar-refractivity contribution >= 4 is 11.8 Å². The molecule has 0 fully saturated rings. The minimum atomic E-state index is -0.472. The monoisotopic (exact) mass is 222 g/mol. The molecule has 0 aliphatic rings. The van der Waals surface area contributed by atoms with Crippen LogP contribution in [0.2, 0.25) is 0 Å². The van der Waals surface area contributed by atoms with Gasteiger partial charge in [-0.25, -0.2) is 0 Å². The molecule has 0 saturated carbocycles. The second kappa shape index (κ2) is 5.59. The van der Waals surface area contributed by atoms with E-state index in [2.05, 4.69) is 0 Å². The van der Waals surface area contributed by atoms with E-state index in [9.17, 15) is 20.2 Å². The van der Waals surface area contributed by atoms with Gasteiger partial charge < -0.3 is 0 Å². The molecular formula is C10H10N2O4. The Kier molecular flexibility index (Phi) is 4.14. The molecule has 0 N–H and O–H groups in total. The van der Waals surface area contributed by atoms with Gasteiger partial charge in [-0.1, -0.05) is 12.2 Å². The van der Waals surface area contributed by atoms with Gasteiger partial charge in [-0.3, -0.25) is 20.2 Å². The first-order valence-corrected chi connectivity index (χ1v) is 4.62. The highest BCUT2D eigenvalue weighted by Gasteiger charge is 2.02. The van der Waals surface area contributed by atoms with Crippen molar-refractivity contribution in [1.82, 2.24) is 0 Å². The summed E-state index contributed by atoms with van der Waals surface area (Å²) in [5.41, 5.74) is 0.816. The van der Waals surface area contributed by atoms with Crippen molar-refractivity contribution in [2.45, 2.75) is 6.42 Å². The Labute approximate surface area is 91.5 Å². The number of hydrogen-bond donors (Lipinski definition) is 0. The fourth-order valence-corrected chi connectivity index (χ4v) is 1.11. The molecule has 0 atom stereocenters. The van der Waals surface area contributed by atoms with Crippen LogP contribution in [0.15, 0.2) is 30.3 Å². The summed E-state index contributed by atoms with van der Waals surface area (Å²) in [6.45, 7) is -0.108. The van der Waals surface area contributed by atoms with Crippen LogP contribution in [0, 0.1) is 20.2 Å². The lowest BCUT2D eigenvalue weighted by Gasteiger charge is -1.93. The molecule has 0 radical (unpaired) electrons. The van der Waals surface area contributed by atoms with Gasteiger partial charge in [0.15, 0.2) is 0 Å². The minimum absolute atomic E-state index is 0.0300. The summed E-state index contributed by atoms with van der Waals surface area (Å²) in [6, 6.07) is 5.99. The Balaban J connectivity index is 2.55. The van der Waals surface area contributed by atoms with Crippen LogP contribution in [0.4, 0.5) is 5.69 Å². The zero-order valence-corrected chi connectivity index (χ0v) is 8.41. The van der Waals surface area contributed by atoms with Crippen LogP contribution in [0.1, 0.15) is 12.0 Å². The van der Waals surface area contributed by atoms with Gasteiger partial charge in [0.2, 0.25) is 6.54 Å². The van der Waals surface area contributed by atoms with Gasteiger partial charge in [0.1, 0.15) is 0 Å². The summed E-state index contributed by atoms with van der Waals surface area (Å²) >= 11 is 0. The van der Waals surface area contributed by atoms with Crippen LogP contribution in [0.3, 0.4) is 0 Å². The van der Waals surface area contributed by atoms with Gasteiger partial charge in [0, 0.05) is 23.5 Å². The molecule has 1 rings (SSSR count). The maximum Gasteiger partial charge on any atom is 0.269 e. The zero-order chi connectivity index (χ0) is 12.0. The lowest BCUT2D eigenvalue weighted by Crippen LogP contribution is -1.97. The van der Waals surface area contributed by atoms with Crippen LogP contribution in [-0.4, -0.2) is 16.4 Å². The van der Waals surface area contributed by atoms with Crippen LogP contribution in [-0.2, 0) is 0 Å². The fourth-order valence-electron chi connectivity index (χ4n) is 1.11. The van der Waals surface area contributed by atoms with Crippen LogP contribution in [0.5, 0.6) is 0 Å². The topological polar surface area (TPSA) is 86.3 Å². The molecule has 0 bridgehead atoms. The van der Waals surface area contributed by atoms with Gasteiger partial charge in [-0.05, 0) is 17.7 Å². The third-order valence-electron chi connectivity index (χ3n) is 1.89. The lowest BCUT2D eigenvalue weighted by atomic mass is 10.2. The largest absolute Gasteiger partial charge is 0.269 e. The van der Waals surface area contributed by atoms with Crippen LogP contribution < -0.4 is 0 Å². The summed E-state index contributed by atoms with van der Waals surface area (Å²) in [7, 11) is 0. The van der Waals surface area contributed by atoms with E-state index in [0.29, 0.717) is 6.42 Å². The van der Waals surface area contributed by atoms with Gasteiger partial charge in [-0.2, -0.15) is 0 Å². The molecule has 0 saturated heterocycles. The van der Waals surface area contributed by atoms with Crippen molar-refractivity contribution in [1.29, 1.82) is 0 Å². The Morgan fingerprint density at radius 3 is 2.25 bits per heavy atom. The Morgan fingerprint density at radius 2 is 1.75 bits per heavy atom. The average molecular weight is 222 g/mol. The molecule has 0 aliphatic heterocycles. The molecule has 0 spiro atoms. The first-order chi connectivity index (χ1) is 7.59. The number of benzene rings is 1. The molecule has 0 amide bonds. The molecule has 1 aromatic carbocycles. The van der Waals surface area contributed by atoms with Gasteiger partial charge in [-0.15, -0.1) is 0 Å². The molecular weight excluding hydrogens is 212 g/mol. The molecule has 0 aromatic heterocycles. The molecule has 0 aliphatic carbocycles. The van der Waals surface area contributed by atoms with Crippen molar-refractivity contribution < 1.29 is 9.85 Å². The highest BCUT2D eigenvalue weighted by atomic mass is 16.6. The SMILES string of the molecule is O=[N+]([O-])CC/C=C/c1ccc([N+](=O)[O-])cc1. The Morgan fingerprint density at radius 1 is 1.12 bits per heavy atom. The first kappa shape index (κ1) is 11.8. The molecule has 6 heteroatoms. The molecule has 6 nitrogen and oxygen atoms in total. The number of nitro groups is 2. The lowest BCUT2D eigenvalue weighted by molar-refractivity contribution is -0.478. The van der Waals surface area contributed by atoms with Crippen molar-refractivity contribution in [2.24, 2.45) is 0 Å². The third kappa shape index (κ3) is 3.87. The third-order valence-corrected chi connectivity index (χ3v) is 1.89.